The number of H-pyrrole nitrogens is 1. The summed E-state index contributed by atoms with van der Waals surface area (Å²) in [5.41, 5.74) is 1.67. The predicted molar refractivity (Wildman–Crippen MR) is 83.5 cm³/mol. The van der Waals surface area contributed by atoms with Crippen molar-refractivity contribution in [3.8, 4) is 0 Å². The zero-order chi connectivity index (χ0) is 15.5. The van der Waals surface area contributed by atoms with Gasteiger partial charge in [-0.2, -0.15) is 0 Å². The largest absolute Gasteiger partial charge is 0.480 e. The van der Waals surface area contributed by atoms with Crippen LogP contribution in [-0.4, -0.2) is 45.7 Å². The zero-order valence-corrected chi connectivity index (χ0v) is 12.5. The molecule has 1 amide bonds. The highest BCUT2D eigenvalue weighted by Crippen LogP contribution is 2.17. The number of aromatic amines is 1. The van der Waals surface area contributed by atoms with Crippen molar-refractivity contribution >= 4 is 34.5 Å². The monoisotopic (exact) mass is 317 g/mol. The fraction of sp³-hybridized carbons (Fsp3) is 0.333. The third kappa shape index (κ3) is 3.03. The van der Waals surface area contributed by atoms with Gasteiger partial charge in [-0.1, -0.05) is 12.1 Å². The number of fused-ring (bicyclic) bond motifs is 1. The SMILES string of the molecule is O=C(O)[C@H](Cc1c[nH]c2ccc#cc12)NC(=O)[C@@H]1CSCN1. The number of thioether (sulfide) groups is 1. The van der Waals surface area contributed by atoms with Crippen molar-refractivity contribution in [1.82, 2.24) is 15.6 Å². The fourth-order valence-electron chi connectivity index (χ4n) is 2.42. The first kappa shape index (κ1) is 14.8. The van der Waals surface area contributed by atoms with Crippen LogP contribution in [0.5, 0.6) is 0 Å². The molecule has 22 heavy (non-hydrogen) atoms. The normalized spacial score (nSPS) is 18.8. The average Bonchev–Trinajstić information content (AvgIpc) is 3.16. The molecule has 0 radical (unpaired) electrons. The molecule has 0 saturated carbocycles. The van der Waals surface area contributed by atoms with Crippen LogP contribution in [-0.2, 0) is 16.0 Å². The van der Waals surface area contributed by atoms with Gasteiger partial charge in [-0.25, -0.2) is 4.79 Å². The molecule has 1 aromatic heterocycles. The van der Waals surface area contributed by atoms with E-state index in [-0.39, 0.29) is 18.4 Å². The molecule has 4 N–H and O–H groups in total. The first-order valence-electron chi connectivity index (χ1n) is 6.88. The first-order chi connectivity index (χ1) is 10.6. The Bertz CT molecular complexity index is 694. The minimum Gasteiger partial charge on any atom is -0.480 e. The van der Waals surface area contributed by atoms with E-state index in [4.69, 9.17) is 0 Å². The maximum absolute atomic E-state index is 12.1. The van der Waals surface area contributed by atoms with Gasteiger partial charge in [-0.05, 0) is 17.7 Å². The summed E-state index contributed by atoms with van der Waals surface area (Å²) < 4.78 is 0. The molecule has 6 nitrogen and oxygen atoms in total. The van der Waals surface area contributed by atoms with Crippen LogP contribution in [0, 0.1) is 12.1 Å². The Kier molecular flexibility index (Phi) is 4.22. The van der Waals surface area contributed by atoms with Gasteiger partial charge in [0.2, 0.25) is 5.91 Å². The van der Waals surface area contributed by atoms with Crippen molar-refractivity contribution in [2.24, 2.45) is 0 Å². The standard InChI is InChI=1S/C15H15N3O3S/c19-14(13-7-22-8-17-13)18-12(15(20)21)5-9-6-16-11-4-2-1-3-10(9)11/h2,4,6,12-13,16-17H,5,7-8H2,(H,18,19)(H,20,21)/t12-,13-/m0/s1. The van der Waals surface area contributed by atoms with Gasteiger partial charge in [-0.15, -0.1) is 11.8 Å². The predicted octanol–water partition coefficient (Wildman–Crippen LogP) is 0.543. The summed E-state index contributed by atoms with van der Waals surface area (Å²) >= 11 is 1.62. The minimum absolute atomic E-state index is 0.204. The number of hydrogen-bond acceptors (Lipinski definition) is 4. The molecular weight excluding hydrogens is 302 g/mol. The Hall–Kier alpha value is -2.17. The number of aliphatic carboxylic acids is 1. The van der Waals surface area contributed by atoms with Crippen molar-refractivity contribution in [2.75, 3.05) is 11.6 Å². The first-order valence-corrected chi connectivity index (χ1v) is 8.03. The fourth-order valence-corrected chi connectivity index (χ4v) is 3.36. The summed E-state index contributed by atoms with van der Waals surface area (Å²) in [5.74, 6) is 0.0536. The Morgan fingerprint density at radius 1 is 1.55 bits per heavy atom. The quantitative estimate of drug-likeness (QED) is 0.646. The smallest absolute Gasteiger partial charge is 0.326 e. The third-order valence-electron chi connectivity index (χ3n) is 3.59. The molecule has 0 bridgehead atoms. The molecule has 2 atom stereocenters. The lowest BCUT2D eigenvalue weighted by atomic mass is 10.1. The molecule has 2 aromatic rings. The number of hydrogen-bond donors (Lipinski definition) is 4. The summed E-state index contributed by atoms with van der Waals surface area (Å²) in [6.07, 6.45) is 1.95. The van der Waals surface area contributed by atoms with Gasteiger partial charge < -0.3 is 15.4 Å². The molecule has 1 saturated heterocycles. The van der Waals surface area contributed by atoms with E-state index < -0.39 is 12.0 Å². The molecule has 7 heteroatoms. The highest BCUT2D eigenvalue weighted by molar-refractivity contribution is 7.99. The van der Waals surface area contributed by atoms with E-state index in [1.807, 2.05) is 6.07 Å². The Labute approximate surface area is 131 Å². The van der Waals surface area contributed by atoms with Gasteiger partial charge in [0.05, 0.1) is 16.9 Å². The maximum Gasteiger partial charge on any atom is 0.326 e. The van der Waals surface area contributed by atoms with Crippen LogP contribution in [0.4, 0.5) is 0 Å². The highest BCUT2D eigenvalue weighted by atomic mass is 32.2. The van der Waals surface area contributed by atoms with E-state index in [0.717, 1.165) is 16.5 Å². The number of nitrogens with one attached hydrogen (secondary N) is 3. The average molecular weight is 317 g/mol. The van der Waals surface area contributed by atoms with Crippen LogP contribution in [0.15, 0.2) is 18.3 Å². The molecule has 0 aliphatic carbocycles. The number of rotatable bonds is 5. The van der Waals surface area contributed by atoms with E-state index >= 15 is 0 Å². The Morgan fingerprint density at radius 2 is 2.41 bits per heavy atom. The summed E-state index contributed by atoms with van der Waals surface area (Å²) in [4.78, 5) is 26.6. The molecule has 1 fully saturated rings. The second kappa shape index (κ2) is 6.30. The molecule has 0 unspecified atom stereocenters. The zero-order valence-electron chi connectivity index (χ0n) is 11.7. The van der Waals surface area contributed by atoms with Crippen LogP contribution in [0.3, 0.4) is 0 Å². The molecule has 114 valence electrons. The van der Waals surface area contributed by atoms with E-state index in [0.29, 0.717) is 11.6 Å². The summed E-state index contributed by atoms with van der Waals surface area (Å²) in [5, 5.41) is 15.8. The lowest BCUT2D eigenvalue weighted by molar-refractivity contribution is -0.142. The highest BCUT2D eigenvalue weighted by Gasteiger charge is 2.28. The van der Waals surface area contributed by atoms with Crippen molar-refractivity contribution in [3.05, 3.63) is 36.0 Å². The number of carboxylic acid groups (broad SMARTS) is 1. The van der Waals surface area contributed by atoms with E-state index in [2.05, 4.69) is 27.8 Å². The number of amides is 1. The maximum atomic E-state index is 12.1. The Morgan fingerprint density at radius 3 is 3.14 bits per heavy atom. The molecule has 1 aliphatic rings. The second-order valence-electron chi connectivity index (χ2n) is 5.08. The number of aromatic nitrogens is 1. The van der Waals surface area contributed by atoms with Crippen LogP contribution in [0.1, 0.15) is 5.56 Å². The molecule has 2 heterocycles. The van der Waals surface area contributed by atoms with Gasteiger partial charge >= 0.3 is 5.97 Å². The van der Waals surface area contributed by atoms with Crippen LogP contribution in [0.25, 0.3) is 10.9 Å². The lowest BCUT2D eigenvalue weighted by Gasteiger charge is -2.16. The molecule has 0 spiro atoms. The second-order valence-corrected chi connectivity index (χ2v) is 6.11. The van der Waals surface area contributed by atoms with Crippen molar-refractivity contribution < 1.29 is 14.7 Å². The van der Waals surface area contributed by atoms with Gasteiger partial charge in [0.25, 0.3) is 0 Å². The summed E-state index contributed by atoms with van der Waals surface area (Å²) in [6, 6.07) is 8.13. The molecule has 1 aromatic carbocycles. The molecule has 1 aliphatic heterocycles. The van der Waals surface area contributed by atoms with Crippen molar-refractivity contribution in [1.29, 1.82) is 0 Å². The summed E-state index contributed by atoms with van der Waals surface area (Å²) in [6.45, 7) is 0. The summed E-state index contributed by atoms with van der Waals surface area (Å²) in [7, 11) is 0. The van der Waals surface area contributed by atoms with Crippen molar-refractivity contribution in [2.45, 2.75) is 18.5 Å². The molecular formula is C15H15N3O3S. The minimum atomic E-state index is -1.05. The molecule has 3 rings (SSSR count). The Balaban J connectivity index is 1.74. The van der Waals surface area contributed by atoms with E-state index in [1.165, 1.54) is 0 Å². The van der Waals surface area contributed by atoms with Crippen molar-refractivity contribution in [3.63, 3.8) is 0 Å². The van der Waals surface area contributed by atoms with Crippen LogP contribution < -0.4 is 10.6 Å². The van der Waals surface area contributed by atoms with Gasteiger partial charge in [0, 0.05) is 24.2 Å². The van der Waals surface area contributed by atoms with Crippen LogP contribution in [0.2, 0.25) is 0 Å². The van der Waals surface area contributed by atoms with E-state index in [1.54, 1.807) is 24.0 Å². The number of carbonyl (C=O) groups excluding carboxylic acids is 1. The lowest BCUT2D eigenvalue weighted by Crippen LogP contribution is -2.50. The topological polar surface area (TPSA) is 94.2 Å². The van der Waals surface area contributed by atoms with Gasteiger partial charge in [0.1, 0.15) is 6.04 Å². The van der Waals surface area contributed by atoms with Crippen LogP contribution >= 0.6 is 11.8 Å². The number of carboxylic acids is 1. The number of carbonyl (C=O) groups is 2. The van der Waals surface area contributed by atoms with Gasteiger partial charge in [-0.3, -0.25) is 10.1 Å². The van der Waals surface area contributed by atoms with Gasteiger partial charge in [0.15, 0.2) is 0 Å². The third-order valence-corrected chi connectivity index (χ3v) is 4.53. The van der Waals surface area contributed by atoms with E-state index in [9.17, 15) is 14.7 Å².